The molecule has 0 radical (unpaired) electrons. The first-order valence-electron chi connectivity index (χ1n) is 4.33. The molecule has 0 amide bonds. The molecular weight excluding hydrogens is 164 g/mol. The molecule has 0 aliphatic carbocycles. The molecule has 0 unspecified atom stereocenters. The molecule has 2 heterocycles. The monoisotopic (exact) mass is 178 g/mol. The number of aromatic nitrogens is 3. The van der Waals surface area contributed by atoms with E-state index in [4.69, 9.17) is 5.73 Å². The number of fused-ring (bicyclic) bond motifs is 1. The Morgan fingerprint density at radius 1 is 1.31 bits per heavy atom. The smallest absolute Gasteiger partial charge is 0.149 e. The van der Waals surface area contributed by atoms with Crippen molar-refractivity contribution in [3.8, 4) is 0 Å². The number of imidazole rings is 1. The first-order valence-corrected chi connectivity index (χ1v) is 4.33. The highest BCUT2D eigenvalue weighted by molar-refractivity contribution is 5.64. The van der Waals surface area contributed by atoms with Crippen molar-refractivity contribution in [2.75, 3.05) is 5.73 Å². The minimum atomic E-state index is 0.521. The van der Waals surface area contributed by atoms with Crippen molar-refractivity contribution < 1.29 is 0 Å². The number of hydrogen-bond acceptors (Lipinski definition) is 3. The summed E-state index contributed by atoms with van der Waals surface area (Å²) in [4.78, 5) is 8.04. The fraction of sp³-hybridized carbons (Fsp3) is 0.333. The molecule has 0 aromatic carbocycles. The molecule has 0 saturated heterocycles. The molecule has 0 fully saturated rings. The van der Waals surface area contributed by atoms with Gasteiger partial charge in [-0.3, -0.25) is 4.40 Å². The van der Waals surface area contributed by atoms with Crippen LogP contribution >= 0.6 is 0 Å². The van der Waals surface area contributed by atoms with Crippen molar-refractivity contribution in [2.24, 2.45) is 0 Å². The van der Waals surface area contributed by atoms with E-state index >= 15 is 0 Å². The maximum atomic E-state index is 5.60. The Morgan fingerprint density at radius 2 is 2.00 bits per heavy atom. The van der Waals surface area contributed by atoms with Gasteiger partial charge in [-0.1, -0.05) is 13.8 Å². The van der Waals surface area contributed by atoms with E-state index in [1.54, 1.807) is 12.4 Å². The van der Waals surface area contributed by atoms with Crippen LogP contribution < -0.4 is 5.73 Å². The number of nitrogen functional groups attached to an aromatic ring is 1. The predicted octanol–water partition coefficient (Wildman–Crippen LogP) is 1.65. The molecule has 70 valence electrons. The average Bonchev–Trinajstić information content (AvgIpc) is 2.53. The molecule has 4 heteroatoms. The Morgan fingerprint density at radius 3 is 2.62 bits per heavy atom. The van der Waals surface area contributed by atoms with Gasteiger partial charge in [-0.2, -0.15) is 0 Å². The summed E-state index contributed by atoms with van der Waals surface area (Å²) in [5, 5.41) is 0. The molecule has 2 rings (SSSR count). The van der Waals surface area contributed by atoms with Gasteiger partial charge < -0.3 is 5.73 Å². The summed E-state index contributed by atoms with van der Waals surface area (Å²) in [6, 6.07) is 0. The van der Waals surface area contributed by atoms with E-state index in [0.29, 0.717) is 5.82 Å². The van der Waals surface area contributed by atoms with Crippen LogP contribution in [0.25, 0.3) is 5.52 Å². The lowest BCUT2D eigenvalue weighted by atomic mass is 10.5. The molecule has 2 aromatic rings. The summed E-state index contributed by atoms with van der Waals surface area (Å²) in [6.07, 6.45) is 5.22. The second kappa shape index (κ2) is 3.89. The predicted molar refractivity (Wildman–Crippen MR) is 53.5 cm³/mol. The van der Waals surface area contributed by atoms with Crippen molar-refractivity contribution in [2.45, 2.75) is 20.8 Å². The molecule has 4 nitrogen and oxygen atoms in total. The van der Waals surface area contributed by atoms with Gasteiger partial charge in [0, 0.05) is 12.4 Å². The van der Waals surface area contributed by atoms with Crippen LogP contribution in [0.1, 0.15) is 19.7 Å². The third kappa shape index (κ3) is 1.61. The zero-order valence-corrected chi connectivity index (χ0v) is 8.15. The fourth-order valence-corrected chi connectivity index (χ4v) is 1.08. The molecule has 13 heavy (non-hydrogen) atoms. The van der Waals surface area contributed by atoms with E-state index in [9.17, 15) is 0 Å². The number of aryl methyl sites for hydroxylation is 1. The molecule has 0 aliphatic heterocycles. The standard InChI is InChI=1S/C7H8N4.C2H6/c1-5-10-4-6-7(8)9-2-3-11(5)6;1-2/h2-4H,1H3,(H2,8,9);1-2H3. The first-order chi connectivity index (χ1) is 6.29. The highest BCUT2D eigenvalue weighted by Gasteiger charge is 2.00. The second-order valence-electron chi connectivity index (χ2n) is 2.37. The topological polar surface area (TPSA) is 56.2 Å². The minimum Gasteiger partial charge on any atom is -0.382 e. The van der Waals surface area contributed by atoms with Crippen molar-refractivity contribution in [3.05, 3.63) is 24.4 Å². The Labute approximate surface area is 77.4 Å². The quantitative estimate of drug-likeness (QED) is 0.667. The Balaban J connectivity index is 0.000000396. The maximum Gasteiger partial charge on any atom is 0.149 e. The zero-order chi connectivity index (χ0) is 9.84. The number of hydrogen-bond donors (Lipinski definition) is 1. The van der Waals surface area contributed by atoms with Gasteiger partial charge in [-0.25, -0.2) is 9.97 Å². The number of rotatable bonds is 0. The van der Waals surface area contributed by atoms with Crippen LogP contribution in [0.2, 0.25) is 0 Å². The van der Waals surface area contributed by atoms with E-state index in [-0.39, 0.29) is 0 Å². The summed E-state index contributed by atoms with van der Waals surface area (Å²) in [5.41, 5.74) is 6.46. The van der Waals surface area contributed by atoms with Crippen LogP contribution in [0.5, 0.6) is 0 Å². The van der Waals surface area contributed by atoms with Gasteiger partial charge in [-0.05, 0) is 6.92 Å². The molecule has 0 saturated carbocycles. The van der Waals surface area contributed by atoms with E-state index in [2.05, 4.69) is 9.97 Å². The lowest BCUT2D eigenvalue weighted by Crippen LogP contribution is -1.95. The van der Waals surface area contributed by atoms with Gasteiger partial charge in [0.2, 0.25) is 0 Å². The summed E-state index contributed by atoms with van der Waals surface area (Å²) in [7, 11) is 0. The molecule has 0 spiro atoms. The SMILES string of the molecule is CC.Cc1ncc2c(N)nccn12. The van der Waals surface area contributed by atoms with Gasteiger partial charge in [0.15, 0.2) is 0 Å². The fourth-order valence-electron chi connectivity index (χ4n) is 1.08. The summed E-state index contributed by atoms with van der Waals surface area (Å²) in [6.45, 7) is 5.92. The van der Waals surface area contributed by atoms with Gasteiger partial charge in [0.05, 0.1) is 6.20 Å². The van der Waals surface area contributed by atoms with Crippen LogP contribution in [0.3, 0.4) is 0 Å². The maximum absolute atomic E-state index is 5.60. The summed E-state index contributed by atoms with van der Waals surface area (Å²) >= 11 is 0. The second-order valence-corrected chi connectivity index (χ2v) is 2.37. The van der Waals surface area contributed by atoms with Crippen molar-refractivity contribution in [1.29, 1.82) is 0 Å². The molecular formula is C9H14N4. The van der Waals surface area contributed by atoms with Crippen LogP contribution in [-0.4, -0.2) is 14.4 Å². The highest BCUT2D eigenvalue weighted by Crippen LogP contribution is 2.10. The van der Waals surface area contributed by atoms with Gasteiger partial charge >= 0.3 is 0 Å². The van der Waals surface area contributed by atoms with Crippen molar-refractivity contribution >= 4 is 11.3 Å². The number of nitrogens with zero attached hydrogens (tertiary/aromatic N) is 3. The van der Waals surface area contributed by atoms with E-state index in [1.807, 2.05) is 31.4 Å². The van der Waals surface area contributed by atoms with Crippen LogP contribution in [0.15, 0.2) is 18.6 Å². The molecule has 0 aliphatic rings. The van der Waals surface area contributed by atoms with Crippen LogP contribution in [0.4, 0.5) is 5.82 Å². The third-order valence-electron chi connectivity index (χ3n) is 1.67. The van der Waals surface area contributed by atoms with Gasteiger partial charge in [-0.15, -0.1) is 0 Å². The molecule has 2 aromatic heterocycles. The lowest BCUT2D eigenvalue weighted by molar-refractivity contribution is 1.03. The number of nitrogens with two attached hydrogens (primary N) is 1. The normalized spacial score (nSPS) is 9.46. The van der Waals surface area contributed by atoms with E-state index in [1.165, 1.54) is 0 Å². The average molecular weight is 178 g/mol. The Hall–Kier alpha value is -1.58. The van der Waals surface area contributed by atoms with Gasteiger partial charge in [0.1, 0.15) is 17.2 Å². The Bertz CT molecular complexity index is 391. The minimum absolute atomic E-state index is 0.521. The van der Waals surface area contributed by atoms with Crippen LogP contribution in [0, 0.1) is 6.92 Å². The highest BCUT2D eigenvalue weighted by atomic mass is 15.0. The molecule has 0 atom stereocenters. The third-order valence-corrected chi connectivity index (χ3v) is 1.67. The zero-order valence-electron chi connectivity index (χ0n) is 8.15. The van der Waals surface area contributed by atoms with Crippen LogP contribution in [-0.2, 0) is 0 Å². The summed E-state index contributed by atoms with van der Waals surface area (Å²) < 4.78 is 1.91. The first kappa shape index (κ1) is 9.51. The summed E-state index contributed by atoms with van der Waals surface area (Å²) in [5.74, 6) is 1.45. The van der Waals surface area contributed by atoms with Crippen molar-refractivity contribution in [3.63, 3.8) is 0 Å². The molecule has 0 bridgehead atoms. The van der Waals surface area contributed by atoms with E-state index in [0.717, 1.165) is 11.3 Å². The van der Waals surface area contributed by atoms with Gasteiger partial charge in [0.25, 0.3) is 0 Å². The Kier molecular flexibility index (Phi) is 2.84. The number of anilines is 1. The van der Waals surface area contributed by atoms with Crippen molar-refractivity contribution in [1.82, 2.24) is 14.4 Å². The molecule has 2 N–H and O–H groups in total. The largest absolute Gasteiger partial charge is 0.382 e. The lowest BCUT2D eigenvalue weighted by Gasteiger charge is -1.96. The van der Waals surface area contributed by atoms with E-state index < -0.39 is 0 Å².